The van der Waals surface area contributed by atoms with Crippen molar-refractivity contribution in [3.05, 3.63) is 71.5 Å². The lowest BCUT2D eigenvalue weighted by atomic mass is 9.96. The molecule has 1 saturated heterocycles. The summed E-state index contributed by atoms with van der Waals surface area (Å²) in [5, 5.41) is 6.82. The van der Waals surface area contributed by atoms with Crippen molar-refractivity contribution in [1.29, 1.82) is 0 Å². The van der Waals surface area contributed by atoms with E-state index < -0.39 is 0 Å². The number of benzene rings is 2. The van der Waals surface area contributed by atoms with E-state index in [1.807, 2.05) is 24.3 Å². The Labute approximate surface area is 180 Å². The van der Waals surface area contributed by atoms with Crippen molar-refractivity contribution in [2.24, 2.45) is 5.92 Å². The zero-order valence-corrected chi connectivity index (χ0v) is 17.3. The quantitative estimate of drug-likeness (QED) is 0.657. The molecule has 6 nitrogen and oxygen atoms in total. The summed E-state index contributed by atoms with van der Waals surface area (Å²) in [5.74, 6) is -0.868. The van der Waals surface area contributed by atoms with E-state index in [1.165, 1.54) is 29.8 Å². The van der Waals surface area contributed by atoms with Crippen LogP contribution in [0, 0.1) is 11.7 Å². The zero-order chi connectivity index (χ0) is 21.8. The van der Waals surface area contributed by atoms with Crippen LogP contribution in [0.15, 0.2) is 59.1 Å². The first kappa shape index (κ1) is 20.8. The third-order valence-electron chi connectivity index (χ3n) is 5.59. The van der Waals surface area contributed by atoms with Crippen LogP contribution < -0.4 is 5.32 Å². The molecule has 7 heteroatoms. The van der Waals surface area contributed by atoms with Crippen LogP contribution in [0.5, 0.6) is 0 Å². The molecule has 2 aromatic carbocycles. The lowest BCUT2D eigenvalue weighted by molar-refractivity contribution is -0.121. The maximum atomic E-state index is 13.1. The van der Waals surface area contributed by atoms with Crippen molar-refractivity contribution in [3.63, 3.8) is 0 Å². The van der Waals surface area contributed by atoms with Crippen molar-refractivity contribution < 1.29 is 18.5 Å². The number of hydrogen-bond donors (Lipinski definition) is 1. The molecule has 0 radical (unpaired) electrons. The topological polar surface area (TPSA) is 75.4 Å². The molecule has 2 amide bonds. The Hall–Kier alpha value is -3.48. The summed E-state index contributed by atoms with van der Waals surface area (Å²) >= 11 is 0. The molecule has 0 saturated carbocycles. The number of carbonyl (C=O) groups excluding carboxylic acids is 2. The molecule has 0 bridgehead atoms. The van der Waals surface area contributed by atoms with Gasteiger partial charge in [0.2, 0.25) is 11.8 Å². The molecule has 31 heavy (non-hydrogen) atoms. The highest BCUT2D eigenvalue weighted by Crippen LogP contribution is 2.24. The fraction of sp³-hybridized carbons (Fsp3) is 0.292. The zero-order valence-electron chi connectivity index (χ0n) is 17.3. The van der Waals surface area contributed by atoms with E-state index in [1.54, 1.807) is 11.0 Å². The van der Waals surface area contributed by atoms with Gasteiger partial charge in [0, 0.05) is 30.3 Å². The van der Waals surface area contributed by atoms with E-state index in [0.717, 1.165) is 18.4 Å². The molecule has 4 rings (SSSR count). The van der Waals surface area contributed by atoms with Gasteiger partial charge in [0.05, 0.1) is 5.92 Å². The Bertz CT molecular complexity index is 1060. The number of rotatable bonds is 5. The van der Waals surface area contributed by atoms with Gasteiger partial charge in [-0.15, -0.1) is 0 Å². The van der Waals surface area contributed by atoms with Gasteiger partial charge >= 0.3 is 0 Å². The molecule has 1 aliphatic heterocycles. The fourth-order valence-electron chi connectivity index (χ4n) is 3.76. The molecule has 1 unspecified atom stereocenters. The number of nitrogens with zero attached hydrogens (tertiary/aromatic N) is 2. The summed E-state index contributed by atoms with van der Waals surface area (Å²) in [6.07, 6.45) is 2.36. The second-order valence-corrected chi connectivity index (χ2v) is 7.71. The number of carbonyl (C=O) groups is 2. The molecular weight excluding hydrogens is 397 g/mol. The molecule has 1 aromatic heterocycles. The number of hydrogen-bond acceptors (Lipinski definition) is 4. The summed E-state index contributed by atoms with van der Waals surface area (Å²) < 4.78 is 18.4. The van der Waals surface area contributed by atoms with Gasteiger partial charge in [-0.3, -0.25) is 14.9 Å². The van der Waals surface area contributed by atoms with Crippen molar-refractivity contribution in [2.75, 3.05) is 18.4 Å². The first-order valence-corrected chi connectivity index (χ1v) is 10.4. The van der Waals surface area contributed by atoms with Crippen molar-refractivity contribution in [2.45, 2.75) is 26.2 Å². The third kappa shape index (κ3) is 4.82. The smallest absolute Gasteiger partial charge is 0.253 e. The molecule has 2 heterocycles. The molecule has 1 N–H and O–H groups in total. The van der Waals surface area contributed by atoms with Gasteiger partial charge in [-0.2, -0.15) is 0 Å². The first-order chi connectivity index (χ1) is 15.0. The molecule has 0 aliphatic carbocycles. The number of nitrogens with one attached hydrogen (secondary N) is 1. The number of likely N-dealkylation sites (tertiary alicyclic amines) is 1. The van der Waals surface area contributed by atoms with Crippen LogP contribution in [0.4, 0.5) is 10.3 Å². The van der Waals surface area contributed by atoms with Crippen LogP contribution in [-0.2, 0) is 11.2 Å². The Morgan fingerprint density at radius 2 is 1.90 bits per heavy atom. The second-order valence-electron chi connectivity index (χ2n) is 7.71. The molecular formula is C24H24FN3O3. The number of piperidine rings is 1. The molecule has 1 atom stereocenters. The summed E-state index contributed by atoms with van der Waals surface area (Å²) in [6.45, 7) is 2.97. The first-order valence-electron chi connectivity index (χ1n) is 10.4. The minimum absolute atomic E-state index is 0.199. The largest absolute Gasteiger partial charge is 0.338 e. The van der Waals surface area contributed by atoms with E-state index in [-0.39, 0.29) is 29.4 Å². The van der Waals surface area contributed by atoms with Crippen LogP contribution >= 0.6 is 0 Å². The molecule has 160 valence electrons. The van der Waals surface area contributed by atoms with Crippen LogP contribution in [0.1, 0.15) is 35.7 Å². The van der Waals surface area contributed by atoms with E-state index in [2.05, 4.69) is 17.4 Å². The normalized spacial score (nSPS) is 16.2. The minimum atomic E-state index is -0.389. The third-order valence-corrected chi connectivity index (χ3v) is 5.59. The highest BCUT2D eigenvalue weighted by molar-refractivity contribution is 5.96. The van der Waals surface area contributed by atoms with E-state index in [9.17, 15) is 14.0 Å². The summed E-state index contributed by atoms with van der Waals surface area (Å²) in [6, 6.07) is 15.2. The Balaban J connectivity index is 1.38. The average Bonchev–Trinajstić information content (AvgIpc) is 3.27. The second kappa shape index (κ2) is 9.12. The van der Waals surface area contributed by atoms with E-state index in [0.29, 0.717) is 30.8 Å². The minimum Gasteiger partial charge on any atom is -0.338 e. The van der Waals surface area contributed by atoms with Crippen LogP contribution in [0.25, 0.3) is 11.3 Å². The van der Waals surface area contributed by atoms with Gasteiger partial charge < -0.3 is 9.42 Å². The number of anilines is 1. The monoisotopic (exact) mass is 421 g/mol. The van der Waals surface area contributed by atoms with Gasteiger partial charge in [0.25, 0.3) is 5.91 Å². The standard InChI is InChI=1S/C24H24FN3O3/c1-2-16-5-7-17(8-6-16)21-14-22(31-27-21)26-23(29)19-4-3-13-28(15-19)24(30)18-9-11-20(25)12-10-18/h5-12,14,19H,2-4,13,15H2,1H3,(H,26,29). The summed E-state index contributed by atoms with van der Waals surface area (Å²) in [5.41, 5.74) is 3.21. The van der Waals surface area contributed by atoms with Crippen LogP contribution in [0.3, 0.4) is 0 Å². The number of aromatic nitrogens is 1. The Morgan fingerprint density at radius 1 is 1.16 bits per heavy atom. The van der Waals surface area contributed by atoms with Crippen molar-refractivity contribution >= 4 is 17.7 Å². The van der Waals surface area contributed by atoms with Gasteiger partial charge in [0.15, 0.2) is 0 Å². The summed E-state index contributed by atoms with van der Waals surface area (Å²) in [7, 11) is 0. The van der Waals surface area contributed by atoms with Gasteiger partial charge in [0.1, 0.15) is 11.5 Å². The summed E-state index contributed by atoms with van der Waals surface area (Å²) in [4.78, 5) is 27.1. The molecule has 3 aromatic rings. The van der Waals surface area contributed by atoms with Gasteiger partial charge in [-0.25, -0.2) is 4.39 Å². The lowest BCUT2D eigenvalue weighted by Gasteiger charge is -2.31. The SMILES string of the molecule is CCc1ccc(-c2cc(NC(=O)C3CCCN(C(=O)c4ccc(F)cc4)C3)on2)cc1. The van der Waals surface area contributed by atoms with Crippen molar-refractivity contribution in [1.82, 2.24) is 10.1 Å². The van der Waals surface area contributed by atoms with Gasteiger partial charge in [-0.1, -0.05) is 36.3 Å². The van der Waals surface area contributed by atoms with Crippen LogP contribution in [0.2, 0.25) is 0 Å². The highest BCUT2D eigenvalue weighted by atomic mass is 19.1. The van der Waals surface area contributed by atoms with Gasteiger partial charge in [-0.05, 0) is 49.1 Å². The molecule has 0 spiro atoms. The Morgan fingerprint density at radius 3 is 2.61 bits per heavy atom. The number of halogens is 1. The van der Waals surface area contributed by atoms with E-state index in [4.69, 9.17) is 4.52 Å². The van der Waals surface area contributed by atoms with Crippen molar-refractivity contribution in [3.8, 4) is 11.3 Å². The van der Waals surface area contributed by atoms with Crippen LogP contribution in [-0.4, -0.2) is 35.0 Å². The number of amides is 2. The average molecular weight is 421 g/mol. The lowest BCUT2D eigenvalue weighted by Crippen LogP contribution is -2.43. The Kier molecular flexibility index (Phi) is 6.11. The predicted octanol–water partition coefficient (Wildman–Crippen LogP) is 4.53. The fourth-order valence-corrected chi connectivity index (χ4v) is 3.76. The number of aryl methyl sites for hydroxylation is 1. The predicted molar refractivity (Wildman–Crippen MR) is 115 cm³/mol. The van der Waals surface area contributed by atoms with E-state index >= 15 is 0 Å². The maximum Gasteiger partial charge on any atom is 0.253 e. The highest BCUT2D eigenvalue weighted by Gasteiger charge is 2.29. The maximum absolute atomic E-state index is 13.1. The molecule has 1 aliphatic rings. The molecule has 1 fully saturated rings.